The van der Waals surface area contributed by atoms with Gasteiger partial charge in [0, 0.05) is 12.1 Å². The minimum atomic E-state index is -0.892. The number of hydrogen-bond donors (Lipinski definition) is 1. The summed E-state index contributed by atoms with van der Waals surface area (Å²) in [6.07, 6.45) is 2.13. The van der Waals surface area contributed by atoms with Crippen LogP contribution in [-0.4, -0.2) is 32.0 Å². The van der Waals surface area contributed by atoms with E-state index in [1.54, 1.807) is 16.9 Å². The fourth-order valence-electron chi connectivity index (χ4n) is 1.77. The van der Waals surface area contributed by atoms with Crippen LogP contribution in [0.15, 0.2) is 23.1 Å². The summed E-state index contributed by atoms with van der Waals surface area (Å²) in [5, 5.41) is 14.7. The van der Waals surface area contributed by atoms with E-state index in [2.05, 4.69) is 31.0 Å². The third kappa shape index (κ3) is 2.76. The van der Waals surface area contributed by atoms with Crippen molar-refractivity contribution < 1.29 is 9.84 Å². The molecule has 19 heavy (non-hydrogen) atoms. The van der Waals surface area contributed by atoms with E-state index in [1.165, 1.54) is 13.4 Å². The fourth-order valence-corrected chi connectivity index (χ4v) is 2.26. The van der Waals surface area contributed by atoms with Gasteiger partial charge in [-0.3, -0.25) is 4.68 Å². The summed E-state index contributed by atoms with van der Waals surface area (Å²) in [7, 11) is 1.52. The van der Waals surface area contributed by atoms with Gasteiger partial charge in [0.25, 0.3) is 0 Å². The smallest absolute Gasteiger partial charge is 0.216 e. The van der Waals surface area contributed by atoms with Gasteiger partial charge in [-0.1, -0.05) is 0 Å². The first kappa shape index (κ1) is 14.0. The second-order valence-electron chi connectivity index (χ2n) is 4.30. The van der Waals surface area contributed by atoms with Gasteiger partial charge in [-0.15, -0.1) is 0 Å². The third-order valence-corrected chi connectivity index (χ3v) is 3.30. The summed E-state index contributed by atoms with van der Waals surface area (Å²) in [6.45, 7) is 3.99. The Morgan fingerprint density at radius 2 is 2.11 bits per heavy atom. The first-order valence-electron chi connectivity index (χ1n) is 5.81. The van der Waals surface area contributed by atoms with Gasteiger partial charge in [0.2, 0.25) is 5.88 Å². The van der Waals surface area contributed by atoms with E-state index >= 15 is 0 Å². The molecule has 102 valence electrons. The molecule has 6 nitrogen and oxygen atoms in total. The highest BCUT2D eigenvalue weighted by molar-refractivity contribution is 9.10. The van der Waals surface area contributed by atoms with Gasteiger partial charge in [-0.25, -0.2) is 9.97 Å². The molecule has 0 bridgehead atoms. The quantitative estimate of drug-likeness (QED) is 0.931. The molecular weight excluding hydrogens is 312 g/mol. The largest absolute Gasteiger partial charge is 0.481 e. The minimum absolute atomic E-state index is 0.139. The predicted octanol–water partition coefficient (Wildman–Crippen LogP) is 2.11. The number of aliphatic hydroxyl groups is 1. The van der Waals surface area contributed by atoms with Crippen LogP contribution >= 0.6 is 15.9 Å². The molecule has 7 heteroatoms. The van der Waals surface area contributed by atoms with Gasteiger partial charge in [0.1, 0.15) is 12.4 Å². The van der Waals surface area contributed by atoms with E-state index in [4.69, 9.17) is 4.74 Å². The molecule has 1 atom stereocenters. The van der Waals surface area contributed by atoms with Crippen LogP contribution in [0.25, 0.3) is 0 Å². The molecule has 2 rings (SSSR count). The van der Waals surface area contributed by atoms with Gasteiger partial charge >= 0.3 is 0 Å². The van der Waals surface area contributed by atoms with Gasteiger partial charge in [0.05, 0.1) is 29.2 Å². The molecule has 2 aromatic rings. The van der Waals surface area contributed by atoms with Crippen molar-refractivity contribution >= 4 is 15.9 Å². The number of ether oxygens (including phenoxy) is 1. The lowest BCUT2D eigenvalue weighted by Crippen LogP contribution is -2.13. The van der Waals surface area contributed by atoms with E-state index in [-0.39, 0.29) is 6.04 Å². The van der Waals surface area contributed by atoms with Crippen LogP contribution in [0, 0.1) is 0 Å². The highest BCUT2D eigenvalue weighted by Crippen LogP contribution is 2.30. The molecule has 2 aromatic heterocycles. The Balaban J connectivity index is 2.43. The van der Waals surface area contributed by atoms with Crippen molar-refractivity contribution in [1.29, 1.82) is 0 Å². The van der Waals surface area contributed by atoms with E-state index in [0.717, 1.165) is 4.47 Å². The molecule has 0 radical (unpaired) electrons. The molecule has 0 aliphatic heterocycles. The van der Waals surface area contributed by atoms with Crippen LogP contribution in [0.1, 0.15) is 37.4 Å². The maximum atomic E-state index is 10.5. The monoisotopic (exact) mass is 326 g/mol. The summed E-state index contributed by atoms with van der Waals surface area (Å²) in [5.41, 5.74) is 1.13. The SMILES string of the molecule is COc1cc(C(O)c2c(Br)cnn2C(C)C)ncn1. The molecule has 0 saturated heterocycles. The van der Waals surface area contributed by atoms with Gasteiger partial charge < -0.3 is 9.84 Å². The summed E-state index contributed by atoms with van der Waals surface area (Å²) in [4.78, 5) is 8.00. The van der Waals surface area contributed by atoms with Gasteiger partial charge in [-0.05, 0) is 29.8 Å². The molecule has 0 fully saturated rings. The topological polar surface area (TPSA) is 73.1 Å². The predicted molar refractivity (Wildman–Crippen MR) is 73.0 cm³/mol. The zero-order valence-electron chi connectivity index (χ0n) is 10.9. The Kier molecular flexibility index (Phi) is 4.16. The molecule has 0 saturated carbocycles. The van der Waals surface area contributed by atoms with E-state index in [9.17, 15) is 5.11 Å². The molecule has 1 unspecified atom stereocenters. The molecule has 0 amide bonds. The summed E-state index contributed by atoms with van der Waals surface area (Å²) < 4.78 is 7.53. The summed E-state index contributed by atoms with van der Waals surface area (Å²) in [5.74, 6) is 0.413. The second kappa shape index (κ2) is 5.66. The number of aromatic nitrogens is 4. The highest BCUT2D eigenvalue weighted by Gasteiger charge is 2.22. The Hall–Kier alpha value is -1.47. The van der Waals surface area contributed by atoms with Crippen LogP contribution in [0.2, 0.25) is 0 Å². The van der Waals surface area contributed by atoms with Crippen molar-refractivity contribution in [3.63, 3.8) is 0 Å². The van der Waals surface area contributed by atoms with Crippen molar-refractivity contribution in [2.75, 3.05) is 7.11 Å². The molecular formula is C12H15BrN4O2. The molecule has 0 aromatic carbocycles. The molecule has 2 heterocycles. The average molecular weight is 327 g/mol. The van der Waals surface area contributed by atoms with Crippen molar-refractivity contribution in [2.45, 2.75) is 26.0 Å². The number of nitrogens with zero attached hydrogens (tertiary/aromatic N) is 4. The van der Waals surface area contributed by atoms with Crippen molar-refractivity contribution in [2.24, 2.45) is 0 Å². The Morgan fingerprint density at radius 3 is 2.74 bits per heavy atom. The average Bonchev–Trinajstić information content (AvgIpc) is 2.80. The lowest BCUT2D eigenvalue weighted by Gasteiger charge is -2.16. The van der Waals surface area contributed by atoms with E-state index in [1.807, 2.05) is 13.8 Å². The fraction of sp³-hybridized carbons (Fsp3) is 0.417. The normalized spacial score (nSPS) is 12.7. The molecule has 0 spiro atoms. The maximum absolute atomic E-state index is 10.5. The van der Waals surface area contributed by atoms with Crippen molar-refractivity contribution in [3.8, 4) is 5.88 Å². The molecule has 0 aliphatic carbocycles. The molecule has 0 aliphatic rings. The van der Waals surface area contributed by atoms with Crippen molar-refractivity contribution in [1.82, 2.24) is 19.7 Å². The van der Waals surface area contributed by atoms with Crippen LogP contribution in [-0.2, 0) is 0 Å². The summed E-state index contributed by atoms with van der Waals surface area (Å²) in [6, 6.07) is 1.74. The number of rotatable bonds is 4. The van der Waals surface area contributed by atoms with Crippen LogP contribution < -0.4 is 4.74 Å². The standard InChI is InChI=1S/C12H15BrN4O2/c1-7(2)17-11(8(13)5-16-17)12(18)9-4-10(19-3)15-6-14-9/h4-7,12,18H,1-3H3. The van der Waals surface area contributed by atoms with Crippen LogP contribution in [0.3, 0.4) is 0 Å². The Morgan fingerprint density at radius 1 is 1.37 bits per heavy atom. The van der Waals surface area contributed by atoms with E-state index < -0.39 is 6.10 Å². The van der Waals surface area contributed by atoms with Gasteiger partial charge in [-0.2, -0.15) is 5.10 Å². The maximum Gasteiger partial charge on any atom is 0.216 e. The zero-order chi connectivity index (χ0) is 14.0. The lowest BCUT2D eigenvalue weighted by molar-refractivity contribution is 0.198. The third-order valence-electron chi connectivity index (χ3n) is 2.69. The Bertz CT molecular complexity index is 571. The minimum Gasteiger partial charge on any atom is -0.481 e. The number of halogens is 1. The zero-order valence-corrected chi connectivity index (χ0v) is 12.5. The number of aliphatic hydroxyl groups excluding tert-OH is 1. The molecule has 1 N–H and O–H groups in total. The number of methoxy groups -OCH3 is 1. The van der Waals surface area contributed by atoms with E-state index in [0.29, 0.717) is 17.3 Å². The Labute approximate surface area is 119 Å². The van der Waals surface area contributed by atoms with Gasteiger partial charge in [0.15, 0.2) is 0 Å². The number of hydrogen-bond acceptors (Lipinski definition) is 5. The lowest BCUT2D eigenvalue weighted by atomic mass is 10.1. The van der Waals surface area contributed by atoms with Crippen LogP contribution in [0.5, 0.6) is 5.88 Å². The summed E-state index contributed by atoms with van der Waals surface area (Å²) >= 11 is 3.40. The highest BCUT2D eigenvalue weighted by atomic mass is 79.9. The second-order valence-corrected chi connectivity index (χ2v) is 5.16. The first-order valence-corrected chi connectivity index (χ1v) is 6.60. The first-order chi connectivity index (χ1) is 9.04. The van der Waals surface area contributed by atoms with Crippen molar-refractivity contribution in [3.05, 3.63) is 34.5 Å². The van der Waals surface area contributed by atoms with Crippen LogP contribution in [0.4, 0.5) is 0 Å².